The number of carbonyl (C=O) groups excluding carboxylic acids is 1. The summed E-state index contributed by atoms with van der Waals surface area (Å²) >= 11 is 11.5. The number of hydrogen-bond donors (Lipinski definition) is 2. The molecule has 0 spiro atoms. The Hall–Kier alpha value is -1.54. The van der Waals surface area contributed by atoms with E-state index in [9.17, 15) is 22.8 Å². The number of halogens is 5. The summed E-state index contributed by atoms with van der Waals surface area (Å²) in [7, 11) is 0. The molecule has 2 N–H and O–H groups in total. The largest absolute Gasteiger partial charge is 0.480 e. The van der Waals surface area contributed by atoms with E-state index in [4.69, 9.17) is 28.3 Å². The molecule has 0 aliphatic heterocycles. The van der Waals surface area contributed by atoms with Crippen LogP contribution >= 0.6 is 23.2 Å². The predicted octanol–water partition coefficient (Wildman–Crippen LogP) is 2.06. The molecule has 110 valence electrons. The second kappa shape index (κ2) is 6.27. The Labute approximate surface area is 120 Å². The SMILES string of the molecule is O=C(O)C(Cc1c(Cl)cncc1Cl)NC(=O)C(F)(F)F. The van der Waals surface area contributed by atoms with Crippen molar-refractivity contribution in [2.24, 2.45) is 0 Å². The highest BCUT2D eigenvalue weighted by atomic mass is 35.5. The van der Waals surface area contributed by atoms with Gasteiger partial charge in [0.1, 0.15) is 6.04 Å². The first-order valence-corrected chi connectivity index (χ1v) is 5.77. The van der Waals surface area contributed by atoms with Crippen molar-refractivity contribution in [3.63, 3.8) is 0 Å². The van der Waals surface area contributed by atoms with Crippen molar-refractivity contribution < 1.29 is 27.9 Å². The molecule has 1 atom stereocenters. The molecule has 1 rings (SSSR count). The Morgan fingerprint density at radius 3 is 2.20 bits per heavy atom. The number of nitrogens with one attached hydrogen (secondary N) is 1. The molecule has 1 heterocycles. The van der Waals surface area contributed by atoms with Gasteiger partial charge in [-0.05, 0) is 5.56 Å². The molecule has 0 aliphatic carbocycles. The summed E-state index contributed by atoms with van der Waals surface area (Å²) in [5.41, 5.74) is 0.0817. The van der Waals surface area contributed by atoms with Crippen molar-refractivity contribution in [1.82, 2.24) is 10.3 Å². The van der Waals surface area contributed by atoms with E-state index in [2.05, 4.69) is 4.98 Å². The first-order chi connectivity index (χ1) is 9.12. The summed E-state index contributed by atoms with van der Waals surface area (Å²) in [6.07, 6.45) is -3.36. The smallest absolute Gasteiger partial charge is 0.471 e. The van der Waals surface area contributed by atoms with Gasteiger partial charge in [-0.25, -0.2) is 4.79 Å². The predicted molar refractivity (Wildman–Crippen MR) is 63.6 cm³/mol. The summed E-state index contributed by atoms with van der Waals surface area (Å²) in [5.74, 6) is -4.00. The van der Waals surface area contributed by atoms with Crippen LogP contribution in [0.4, 0.5) is 13.2 Å². The molecule has 20 heavy (non-hydrogen) atoms. The number of aromatic nitrogens is 1. The van der Waals surface area contributed by atoms with E-state index in [0.29, 0.717) is 0 Å². The number of carboxylic acids is 1. The minimum absolute atomic E-state index is 0.00925. The van der Waals surface area contributed by atoms with Crippen molar-refractivity contribution in [3.8, 4) is 0 Å². The van der Waals surface area contributed by atoms with Crippen LogP contribution in [0.1, 0.15) is 5.56 Å². The number of carbonyl (C=O) groups is 2. The molecular formula is C10H7Cl2F3N2O3. The molecule has 1 amide bonds. The Morgan fingerprint density at radius 1 is 1.30 bits per heavy atom. The molecule has 0 bridgehead atoms. The van der Waals surface area contributed by atoms with Gasteiger partial charge in [-0.1, -0.05) is 23.2 Å². The molecule has 0 aromatic carbocycles. The van der Waals surface area contributed by atoms with E-state index >= 15 is 0 Å². The van der Waals surface area contributed by atoms with Crippen molar-refractivity contribution >= 4 is 35.1 Å². The molecule has 1 aromatic heterocycles. The van der Waals surface area contributed by atoms with E-state index in [1.54, 1.807) is 0 Å². The molecule has 0 saturated carbocycles. The van der Waals surface area contributed by atoms with Gasteiger partial charge in [-0.15, -0.1) is 0 Å². The number of carboxylic acid groups (broad SMARTS) is 1. The monoisotopic (exact) mass is 330 g/mol. The van der Waals surface area contributed by atoms with Crippen LogP contribution in [0.5, 0.6) is 0 Å². The maximum absolute atomic E-state index is 12.1. The lowest BCUT2D eigenvalue weighted by Gasteiger charge is -2.16. The Balaban J connectivity index is 2.94. The average molecular weight is 331 g/mol. The summed E-state index contributed by atoms with van der Waals surface area (Å²) in [6, 6.07) is -1.82. The van der Waals surface area contributed by atoms with E-state index in [0.717, 1.165) is 12.4 Å². The van der Waals surface area contributed by atoms with E-state index < -0.39 is 30.5 Å². The molecule has 0 saturated heterocycles. The normalized spacial score (nSPS) is 12.8. The third-order valence-corrected chi connectivity index (χ3v) is 2.87. The van der Waals surface area contributed by atoms with Crippen LogP contribution in [0.15, 0.2) is 12.4 Å². The van der Waals surface area contributed by atoms with Crippen LogP contribution in [-0.2, 0) is 16.0 Å². The van der Waals surface area contributed by atoms with E-state index in [1.165, 1.54) is 5.32 Å². The zero-order chi connectivity index (χ0) is 15.5. The average Bonchev–Trinajstić information content (AvgIpc) is 2.30. The Bertz CT molecular complexity index is 517. The number of hydrogen-bond acceptors (Lipinski definition) is 3. The minimum Gasteiger partial charge on any atom is -0.480 e. The Morgan fingerprint density at radius 2 is 1.80 bits per heavy atom. The second-order valence-corrected chi connectivity index (χ2v) is 4.46. The zero-order valence-electron chi connectivity index (χ0n) is 9.54. The maximum Gasteiger partial charge on any atom is 0.471 e. The van der Waals surface area contributed by atoms with Gasteiger partial charge in [0.15, 0.2) is 0 Å². The quantitative estimate of drug-likeness (QED) is 0.885. The topological polar surface area (TPSA) is 79.3 Å². The standard InChI is InChI=1S/C10H7Cl2F3N2O3/c11-5-2-16-3-6(12)4(5)1-7(8(18)19)17-9(20)10(13,14)15/h2-3,7H,1H2,(H,17,20)(H,18,19). The molecule has 0 fully saturated rings. The first-order valence-electron chi connectivity index (χ1n) is 5.01. The lowest BCUT2D eigenvalue weighted by atomic mass is 10.1. The van der Waals surface area contributed by atoms with Crippen LogP contribution in [-0.4, -0.2) is 34.2 Å². The van der Waals surface area contributed by atoms with Gasteiger partial charge >= 0.3 is 18.1 Å². The third kappa shape index (κ3) is 4.24. The highest BCUT2D eigenvalue weighted by Crippen LogP contribution is 2.24. The van der Waals surface area contributed by atoms with Crippen molar-refractivity contribution in [1.29, 1.82) is 0 Å². The summed E-state index contributed by atoms with van der Waals surface area (Å²) in [5, 5.41) is 10.2. The highest BCUT2D eigenvalue weighted by Gasteiger charge is 2.41. The van der Waals surface area contributed by atoms with Crippen LogP contribution in [0.25, 0.3) is 0 Å². The molecular weight excluding hydrogens is 324 g/mol. The summed E-state index contributed by atoms with van der Waals surface area (Å²) in [4.78, 5) is 25.3. The van der Waals surface area contributed by atoms with E-state index in [1.807, 2.05) is 0 Å². The lowest BCUT2D eigenvalue weighted by Crippen LogP contribution is -2.47. The van der Waals surface area contributed by atoms with Gasteiger partial charge in [0.2, 0.25) is 0 Å². The zero-order valence-corrected chi connectivity index (χ0v) is 11.1. The number of amides is 1. The molecule has 1 unspecified atom stereocenters. The molecule has 0 radical (unpaired) electrons. The van der Waals surface area contributed by atoms with Gasteiger partial charge in [-0.2, -0.15) is 13.2 Å². The van der Waals surface area contributed by atoms with Crippen LogP contribution in [0.2, 0.25) is 10.0 Å². The number of nitrogens with zero attached hydrogens (tertiary/aromatic N) is 1. The van der Waals surface area contributed by atoms with E-state index in [-0.39, 0.29) is 15.6 Å². The van der Waals surface area contributed by atoms with Gasteiger partial charge in [-0.3, -0.25) is 9.78 Å². The van der Waals surface area contributed by atoms with Crippen molar-refractivity contribution in [3.05, 3.63) is 28.0 Å². The molecule has 1 aromatic rings. The maximum atomic E-state index is 12.1. The molecule has 10 heteroatoms. The fourth-order valence-corrected chi connectivity index (χ4v) is 1.80. The number of pyridine rings is 1. The van der Waals surface area contributed by atoms with Crippen LogP contribution in [0, 0.1) is 0 Å². The summed E-state index contributed by atoms with van der Waals surface area (Å²) in [6.45, 7) is 0. The van der Waals surface area contributed by atoms with Gasteiger partial charge in [0.05, 0.1) is 10.0 Å². The minimum atomic E-state index is -5.18. The highest BCUT2D eigenvalue weighted by molar-refractivity contribution is 6.35. The van der Waals surface area contributed by atoms with Crippen LogP contribution < -0.4 is 5.32 Å². The third-order valence-electron chi connectivity index (χ3n) is 2.22. The fraction of sp³-hybridized carbons (Fsp3) is 0.300. The second-order valence-electron chi connectivity index (χ2n) is 3.65. The number of alkyl halides is 3. The summed E-state index contributed by atoms with van der Waals surface area (Å²) < 4.78 is 36.3. The molecule has 0 aliphatic rings. The van der Waals surface area contributed by atoms with Crippen molar-refractivity contribution in [2.45, 2.75) is 18.6 Å². The Kier molecular flexibility index (Phi) is 5.18. The van der Waals surface area contributed by atoms with Gasteiger partial charge in [0.25, 0.3) is 0 Å². The van der Waals surface area contributed by atoms with Crippen molar-refractivity contribution in [2.75, 3.05) is 0 Å². The van der Waals surface area contributed by atoms with Crippen LogP contribution in [0.3, 0.4) is 0 Å². The van der Waals surface area contributed by atoms with Gasteiger partial charge < -0.3 is 10.4 Å². The first kappa shape index (κ1) is 16.5. The lowest BCUT2D eigenvalue weighted by molar-refractivity contribution is -0.175. The number of rotatable bonds is 4. The molecule has 5 nitrogen and oxygen atoms in total. The fourth-order valence-electron chi connectivity index (χ4n) is 1.28. The number of aliphatic carboxylic acids is 1. The van der Waals surface area contributed by atoms with Gasteiger partial charge in [0, 0.05) is 18.8 Å².